The van der Waals surface area contributed by atoms with Crippen LogP contribution in [0.15, 0.2) is 45.5 Å². The minimum Gasteiger partial charge on any atom is -0.494 e. The zero-order valence-electron chi connectivity index (χ0n) is 21.5. The van der Waals surface area contributed by atoms with Gasteiger partial charge in [0, 0.05) is 34.5 Å². The average Bonchev–Trinajstić information content (AvgIpc) is 3.25. The molecule has 1 aromatic heterocycles. The van der Waals surface area contributed by atoms with Crippen molar-refractivity contribution in [3.8, 4) is 5.75 Å². The molecule has 0 fully saturated rings. The molecule has 0 spiro atoms. The van der Waals surface area contributed by atoms with Gasteiger partial charge in [0.15, 0.2) is 0 Å². The molecule has 0 aliphatic carbocycles. The van der Waals surface area contributed by atoms with Crippen LogP contribution in [-0.4, -0.2) is 36.8 Å². The van der Waals surface area contributed by atoms with Gasteiger partial charge in [-0.3, -0.25) is 13.6 Å². The molecule has 1 aromatic carbocycles. The van der Waals surface area contributed by atoms with Crippen LogP contribution in [0.5, 0.6) is 5.75 Å². The summed E-state index contributed by atoms with van der Waals surface area (Å²) in [7, 11) is -2.63. The highest BCUT2D eigenvalue weighted by molar-refractivity contribution is 6.41. The standard InChI is InChI=1S/C26H34BF2N5O/c1-7-22-16(3)25(32-18(22)5)24(26-17(4)23(8-2)19(6)34(26)27(28)29)20-10-12-21(13-11-20)35-15-9-14-31-33-30/h10-13,24-25H,7-9,14-15H2,1-6H3. The van der Waals surface area contributed by atoms with E-state index < -0.39 is 7.40 Å². The summed E-state index contributed by atoms with van der Waals surface area (Å²) in [6.45, 7) is 12.8. The summed E-state index contributed by atoms with van der Waals surface area (Å²) in [5.74, 6) is 0.341. The predicted molar refractivity (Wildman–Crippen MR) is 139 cm³/mol. The Balaban J connectivity index is 2.09. The summed E-state index contributed by atoms with van der Waals surface area (Å²) in [5.41, 5.74) is 15.8. The molecule has 0 amide bonds. The van der Waals surface area contributed by atoms with Crippen molar-refractivity contribution in [1.82, 2.24) is 4.48 Å². The zero-order valence-corrected chi connectivity index (χ0v) is 21.5. The number of rotatable bonds is 11. The smallest absolute Gasteiger partial charge is 0.494 e. The molecule has 9 heteroatoms. The van der Waals surface area contributed by atoms with Crippen LogP contribution in [0.25, 0.3) is 10.4 Å². The lowest BCUT2D eigenvalue weighted by Gasteiger charge is -2.27. The van der Waals surface area contributed by atoms with Gasteiger partial charge in [-0.15, -0.1) is 0 Å². The molecule has 186 valence electrons. The van der Waals surface area contributed by atoms with Crippen LogP contribution in [-0.2, 0) is 6.42 Å². The molecule has 0 bridgehead atoms. The van der Waals surface area contributed by atoms with Crippen LogP contribution >= 0.6 is 0 Å². The SMILES string of the molecule is CCC1=C(C)C(C(c2ccc(OCCCN=[N+]=[N-])cc2)c2c(C)c(CC)c(C)n2B(F)F)N=C1C. The third-order valence-electron chi connectivity index (χ3n) is 7.07. The molecule has 6 nitrogen and oxygen atoms in total. The Bertz CT molecular complexity index is 1160. The van der Waals surface area contributed by atoms with Crippen molar-refractivity contribution in [3.05, 3.63) is 73.9 Å². The fourth-order valence-corrected chi connectivity index (χ4v) is 5.43. The van der Waals surface area contributed by atoms with E-state index in [-0.39, 0.29) is 12.0 Å². The van der Waals surface area contributed by atoms with Crippen LogP contribution in [0.3, 0.4) is 0 Å². The van der Waals surface area contributed by atoms with Crippen LogP contribution in [0, 0.1) is 13.8 Å². The van der Waals surface area contributed by atoms with E-state index in [2.05, 4.69) is 23.9 Å². The minimum atomic E-state index is -2.63. The van der Waals surface area contributed by atoms with Crippen molar-refractivity contribution < 1.29 is 13.4 Å². The molecular weight excluding hydrogens is 447 g/mol. The Labute approximate surface area is 206 Å². The number of hydrogen-bond acceptors (Lipinski definition) is 3. The Morgan fingerprint density at radius 1 is 1.14 bits per heavy atom. The van der Waals surface area contributed by atoms with E-state index in [4.69, 9.17) is 15.3 Å². The van der Waals surface area contributed by atoms with Crippen LogP contribution in [0.4, 0.5) is 8.63 Å². The van der Waals surface area contributed by atoms with Gasteiger partial charge >= 0.3 is 7.40 Å². The first kappa shape index (κ1) is 26.5. The minimum absolute atomic E-state index is 0.240. The number of hydrogen-bond donors (Lipinski definition) is 0. The number of allylic oxidation sites excluding steroid dienone is 1. The molecule has 1 aliphatic rings. The highest BCUT2D eigenvalue weighted by Crippen LogP contribution is 2.42. The van der Waals surface area contributed by atoms with Crippen molar-refractivity contribution in [1.29, 1.82) is 0 Å². The number of benzene rings is 1. The maximum atomic E-state index is 14.5. The number of halogens is 2. The largest absolute Gasteiger partial charge is 0.677 e. The second-order valence-corrected chi connectivity index (χ2v) is 8.95. The number of aromatic nitrogens is 1. The molecule has 0 N–H and O–H groups in total. The Morgan fingerprint density at radius 3 is 2.37 bits per heavy atom. The van der Waals surface area contributed by atoms with E-state index >= 15 is 0 Å². The number of nitrogens with zero attached hydrogens (tertiary/aromatic N) is 5. The lowest BCUT2D eigenvalue weighted by molar-refractivity contribution is 0.313. The molecule has 2 unspecified atom stereocenters. The molecule has 1 aliphatic heterocycles. The van der Waals surface area contributed by atoms with Crippen molar-refractivity contribution in [3.63, 3.8) is 0 Å². The van der Waals surface area contributed by atoms with Gasteiger partial charge in [0.2, 0.25) is 0 Å². The quantitative estimate of drug-likeness (QED) is 0.110. The summed E-state index contributed by atoms with van der Waals surface area (Å²) in [4.78, 5) is 7.74. The summed E-state index contributed by atoms with van der Waals surface area (Å²) in [6.07, 6.45) is 2.18. The van der Waals surface area contributed by atoms with Crippen molar-refractivity contribution in [2.24, 2.45) is 10.1 Å². The van der Waals surface area contributed by atoms with Crippen molar-refractivity contribution >= 4 is 13.1 Å². The number of azide groups is 1. The molecule has 0 saturated heterocycles. The van der Waals surface area contributed by atoms with Crippen LogP contribution in [0.1, 0.15) is 74.5 Å². The monoisotopic (exact) mass is 481 g/mol. The van der Waals surface area contributed by atoms with Crippen LogP contribution in [0.2, 0.25) is 0 Å². The second kappa shape index (κ2) is 11.6. The average molecular weight is 481 g/mol. The van der Waals surface area contributed by atoms with E-state index in [0.717, 1.165) is 34.4 Å². The first-order chi connectivity index (χ1) is 16.8. The third kappa shape index (κ3) is 5.30. The first-order valence-electron chi connectivity index (χ1n) is 12.2. The third-order valence-corrected chi connectivity index (χ3v) is 7.07. The molecule has 2 atom stereocenters. The maximum Gasteiger partial charge on any atom is 0.677 e. The summed E-state index contributed by atoms with van der Waals surface area (Å²) < 4.78 is 35.9. The van der Waals surface area contributed by atoms with Crippen LogP contribution < -0.4 is 4.74 Å². The lowest BCUT2D eigenvalue weighted by Crippen LogP contribution is -2.26. The fraction of sp³-hybridized carbons (Fsp3) is 0.500. The molecule has 0 saturated carbocycles. The maximum absolute atomic E-state index is 14.5. The first-order valence-corrected chi connectivity index (χ1v) is 12.2. The molecule has 2 aromatic rings. The fourth-order valence-electron chi connectivity index (χ4n) is 5.43. The second-order valence-electron chi connectivity index (χ2n) is 8.95. The Kier molecular flexibility index (Phi) is 8.79. The van der Waals surface area contributed by atoms with Gasteiger partial charge in [0.1, 0.15) is 5.75 Å². The Hall–Kier alpha value is -3.06. The van der Waals surface area contributed by atoms with Gasteiger partial charge in [-0.05, 0) is 92.5 Å². The molecule has 3 rings (SSSR count). The number of ether oxygens (including phenoxy) is 1. The van der Waals surface area contributed by atoms with Crippen molar-refractivity contribution in [2.45, 2.75) is 72.8 Å². The van der Waals surface area contributed by atoms with E-state index in [1.165, 1.54) is 10.1 Å². The topological polar surface area (TPSA) is 75.3 Å². The molecular formula is C26H34BF2N5O. The van der Waals surface area contributed by atoms with Gasteiger partial charge in [-0.25, -0.2) is 0 Å². The zero-order chi connectivity index (χ0) is 25.7. The summed E-state index contributed by atoms with van der Waals surface area (Å²) in [6, 6.07) is 7.42. The highest BCUT2D eigenvalue weighted by atomic mass is 19.2. The lowest BCUT2D eigenvalue weighted by atomic mass is 9.82. The number of aliphatic imine (C=N–C) groups is 1. The van der Waals surface area contributed by atoms with Gasteiger partial charge in [0.25, 0.3) is 0 Å². The highest BCUT2D eigenvalue weighted by Gasteiger charge is 2.38. The van der Waals surface area contributed by atoms with E-state index in [9.17, 15) is 8.63 Å². The summed E-state index contributed by atoms with van der Waals surface area (Å²) >= 11 is 0. The van der Waals surface area contributed by atoms with Gasteiger partial charge in [-0.2, -0.15) is 0 Å². The molecule has 2 heterocycles. The van der Waals surface area contributed by atoms with Gasteiger partial charge in [-0.1, -0.05) is 31.1 Å². The Morgan fingerprint density at radius 2 is 1.83 bits per heavy atom. The van der Waals surface area contributed by atoms with E-state index in [1.54, 1.807) is 6.92 Å². The molecule has 35 heavy (non-hydrogen) atoms. The van der Waals surface area contributed by atoms with Gasteiger partial charge in [0.05, 0.1) is 12.6 Å². The van der Waals surface area contributed by atoms with E-state index in [1.807, 2.05) is 45.0 Å². The molecule has 0 radical (unpaired) electrons. The normalized spacial score (nSPS) is 16.2. The predicted octanol–water partition coefficient (Wildman–Crippen LogP) is 7.22. The van der Waals surface area contributed by atoms with Crippen molar-refractivity contribution in [2.75, 3.05) is 13.2 Å². The summed E-state index contributed by atoms with van der Waals surface area (Å²) in [5, 5.41) is 3.51. The van der Waals surface area contributed by atoms with E-state index in [0.29, 0.717) is 43.1 Å². The van der Waals surface area contributed by atoms with Gasteiger partial charge < -0.3 is 9.21 Å².